The number of carbonyl (C=O) groups is 3. The van der Waals surface area contributed by atoms with Gasteiger partial charge in [-0.25, -0.2) is 0 Å². The van der Waals surface area contributed by atoms with Crippen LogP contribution >= 0.6 is 11.6 Å². The molecule has 1 aliphatic heterocycles. The van der Waals surface area contributed by atoms with Crippen LogP contribution in [-0.2, 0) is 9.59 Å². The molecule has 0 aliphatic carbocycles. The molecule has 0 aromatic heterocycles. The highest BCUT2D eigenvalue weighted by Gasteiger charge is 2.27. The number of nitrogens with one attached hydrogen (secondary N) is 1. The van der Waals surface area contributed by atoms with Crippen LogP contribution in [0.25, 0.3) is 0 Å². The maximum absolute atomic E-state index is 12.1. The first-order chi connectivity index (χ1) is 8.47. The molecule has 3 amide bonds. The summed E-state index contributed by atoms with van der Waals surface area (Å²) >= 11 is 5.94. The predicted octanol–water partition coefficient (Wildman–Crippen LogP) is 0.747. The average molecular weight is 267 g/mol. The maximum atomic E-state index is 12.1. The van der Waals surface area contributed by atoms with Gasteiger partial charge in [0.05, 0.1) is 0 Å². The molecule has 0 spiro atoms. The van der Waals surface area contributed by atoms with E-state index in [-0.39, 0.29) is 19.0 Å². The Kier molecular flexibility index (Phi) is 3.34. The summed E-state index contributed by atoms with van der Waals surface area (Å²) in [5.74, 6) is -1.32. The van der Waals surface area contributed by atoms with E-state index in [0.717, 1.165) is 5.56 Å². The molecule has 1 N–H and O–H groups in total. The predicted molar refractivity (Wildman–Crippen MR) is 65.2 cm³/mol. The van der Waals surface area contributed by atoms with Crippen molar-refractivity contribution in [1.29, 1.82) is 0 Å². The summed E-state index contributed by atoms with van der Waals surface area (Å²) < 4.78 is 0. The van der Waals surface area contributed by atoms with Crippen molar-refractivity contribution in [2.45, 2.75) is 6.92 Å². The molecule has 94 valence electrons. The number of carbonyl (C=O) groups excluding carboxylic acids is 3. The number of nitrogens with zero attached hydrogens (tertiary/aromatic N) is 1. The zero-order chi connectivity index (χ0) is 13.3. The van der Waals surface area contributed by atoms with Crippen molar-refractivity contribution in [2.75, 3.05) is 13.1 Å². The molecule has 2 rings (SSSR count). The molecule has 1 aromatic carbocycles. The summed E-state index contributed by atoms with van der Waals surface area (Å²) in [5, 5.41) is 2.62. The molecule has 0 atom stereocenters. The molecule has 1 fully saturated rings. The topological polar surface area (TPSA) is 66.5 Å². The zero-order valence-electron chi connectivity index (χ0n) is 9.70. The lowest BCUT2D eigenvalue weighted by Crippen LogP contribution is -2.53. The van der Waals surface area contributed by atoms with Gasteiger partial charge in [-0.05, 0) is 24.6 Å². The van der Waals surface area contributed by atoms with E-state index in [0.29, 0.717) is 10.6 Å². The Morgan fingerprint density at radius 3 is 2.44 bits per heavy atom. The average Bonchev–Trinajstić information content (AvgIpc) is 2.30. The van der Waals surface area contributed by atoms with Gasteiger partial charge in [0.15, 0.2) is 0 Å². The quantitative estimate of drug-likeness (QED) is 0.763. The fourth-order valence-electron chi connectivity index (χ4n) is 1.69. The van der Waals surface area contributed by atoms with Gasteiger partial charge in [0.1, 0.15) is 13.1 Å². The standard InChI is InChI=1S/C12H11ClN2O3/c1-7-2-3-8(4-9(7)13)12(18)15-5-10(16)14-11(17)6-15/h2-4H,5-6H2,1H3,(H,14,16,17). The van der Waals surface area contributed by atoms with E-state index in [1.807, 2.05) is 6.92 Å². The first kappa shape index (κ1) is 12.6. The Balaban J connectivity index is 2.22. The van der Waals surface area contributed by atoms with Gasteiger partial charge in [-0.1, -0.05) is 17.7 Å². The van der Waals surface area contributed by atoms with Gasteiger partial charge < -0.3 is 4.90 Å². The Morgan fingerprint density at radius 2 is 1.89 bits per heavy atom. The van der Waals surface area contributed by atoms with Crippen LogP contribution in [0.5, 0.6) is 0 Å². The minimum absolute atomic E-state index is 0.115. The second kappa shape index (κ2) is 4.78. The second-order valence-electron chi connectivity index (χ2n) is 4.10. The van der Waals surface area contributed by atoms with Gasteiger partial charge in [-0.2, -0.15) is 0 Å². The van der Waals surface area contributed by atoms with E-state index in [9.17, 15) is 14.4 Å². The number of amides is 3. The van der Waals surface area contributed by atoms with Gasteiger partial charge in [0.25, 0.3) is 5.91 Å². The molecule has 1 aliphatic rings. The zero-order valence-corrected chi connectivity index (χ0v) is 10.5. The molecule has 1 heterocycles. The number of aryl methyl sites for hydroxylation is 1. The third-order valence-electron chi connectivity index (χ3n) is 2.65. The monoisotopic (exact) mass is 266 g/mol. The van der Waals surface area contributed by atoms with Crippen molar-refractivity contribution in [3.05, 3.63) is 34.3 Å². The number of benzene rings is 1. The molecule has 0 saturated carbocycles. The van der Waals surface area contributed by atoms with Crippen molar-refractivity contribution in [3.63, 3.8) is 0 Å². The fourth-order valence-corrected chi connectivity index (χ4v) is 1.87. The number of hydrogen-bond acceptors (Lipinski definition) is 3. The highest BCUT2D eigenvalue weighted by molar-refractivity contribution is 6.31. The van der Waals surface area contributed by atoms with E-state index < -0.39 is 11.8 Å². The van der Waals surface area contributed by atoms with Crippen LogP contribution in [0.2, 0.25) is 5.02 Å². The normalized spacial score (nSPS) is 15.6. The van der Waals surface area contributed by atoms with E-state index in [1.54, 1.807) is 12.1 Å². The van der Waals surface area contributed by atoms with Crippen molar-refractivity contribution >= 4 is 29.3 Å². The second-order valence-corrected chi connectivity index (χ2v) is 4.50. The number of halogens is 1. The molecule has 6 heteroatoms. The molecule has 0 bridgehead atoms. The smallest absolute Gasteiger partial charge is 0.254 e. The number of piperazine rings is 1. The van der Waals surface area contributed by atoms with Gasteiger partial charge in [-0.15, -0.1) is 0 Å². The third-order valence-corrected chi connectivity index (χ3v) is 3.06. The number of rotatable bonds is 1. The van der Waals surface area contributed by atoms with Crippen LogP contribution in [0, 0.1) is 6.92 Å². The van der Waals surface area contributed by atoms with Crippen LogP contribution < -0.4 is 5.32 Å². The highest BCUT2D eigenvalue weighted by atomic mass is 35.5. The van der Waals surface area contributed by atoms with E-state index in [4.69, 9.17) is 11.6 Å². The van der Waals surface area contributed by atoms with Crippen molar-refractivity contribution < 1.29 is 14.4 Å². The Bertz CT molecular complexity index is 526. The summed E-state index contributed by atoms with van der Waals surface area (Å²) in [6.45, 7) is 1.60. The van der Waals surface area contributed by atoms with Crippen LogP contribution in [-0.4, -0.2) is 35.7 Å². The first-order valence-corrected chi connectivity index (χ1v) is 5.73. The molecule has 18 heavy (non-hydrogen) atoms. The summed E-state index contributed by atoms with van der Waals surface area (Å²) in [6, 6.07) is 4.89. The third kappa shape index (κ3) is 2.51. The Labute approximate surface area is 109 Å². The van der Waals surface area contributed by atoms with Gasteiger partial charge >= 0.3 is 0 Å². The lowest BCUT2D eigenvalue weighted by atomic mass is 10.1. The Morgan fingerprint density at radius 1 is 1.28 bits per heavy atom. The lowest BCUT2D eigenvalue weighted by Gasteiger charge is -2.25. The largest absolute Gasteiger partial charge is 0.320 e. The van der Waals surface area contributed by atoms with Crippen molar-refractivity contribution in [3.8, 4) is 0 Å². The van der Waals surface area contributed by atoms with Gasteiger partial charge in [0.2, 0.25) is 11.8 Å². The summed E-state index contributed by atoms with van der Waals surface area (Å²) in [6.07, 6.45) is 0. The van der Waals surface area contributed by atoms with E-state index in [2.05, 4.69) is 5.32 Å². The molecule has 5 nitrogen and oxygen atoms in total. The van der Waals surface area contributed by atoms with Crippen molar-refractivity contribution in [1.82, 2.24) is 10.2 Å². The van der Waals surface area contributed by atoms with E-state index in [1.165, 1.54) is 11.0 Å². The number of imide groups is 1. The van der Waals surface area contributed by atoms with Gasteiger partial charge in [0, 0.05) is 10.6 Å². The van der Waals surface area contributed by atoms with Crippen LogP contribution in [0.15, 0.2) is 18.2 Å². The molecule has 0 unspecified atom stereocenters. The summed E-state index contributed by atoms with van der Waals surface area (Å²) in [5.41, 5.74) is 1.23. The summed E-state index contributed by atoms with van der Waals surface area (Å²) in [7, 11) is 0. The van der Waals surface area contributed by atoms with Crippen LogP contribution in [0.3, 0.4) is 0 Å². The fraction of sp³-hybridized carbons (Fsp3) is 0.250. The van der Waals surface area contributed by atoms with Gasteiger partial charge in [-0.3, -0.25) is 19.7 Å². The summed E-state index contributed by atoms with van der Waals surface area (Å²) in [4.78, 5) is 35.7. The maximum Gasteiger partial charge on any atom is 0.254 e. The van der Waals surface area contributed by atoms with Crippen molar-refractivity contribution in [2.24, 2.45) is 0 Å². The minimum atomic E-state index is -0.474. The van der Waals surface area contributed by atoms with E-state index >= 15 is 0 Å². The van der Waals surface area contributed by atoms with Crippen LogP contribution in [0.1, 0.15) is 15.9 Å². The lowest BCUT2D eigenvalue weighted by molar-refractivity contribution is -0.135. The minimum Gasteiger partial charge on any atom is -0.320 e. The first-order valence-electron chi connectivity index (χ1n) is 5.35. The molecule has 1 aromatic rings. The molecular formula is C12H11ClN2O3. The van der Waals surface area contributed by atoms with Crippen LogP contribution in [0.4, 0.5) is 0 Å². The number of hydrogen-bond donors (Lipinski definition) is 1. The molecule has 0 radical (unpaired) electrons. The molecular weight excluding hydrogens is 256 g/mol. The highest BCUT2D eigenvalue weighted by Crippen LogP contribution is 2.18. The molecule has 1 saturated heterocycles. The Hall–Kier alpha value is -1.88. The SMILES string of the molecule is Cc1ccc(C(=O)N2CC(=O)NC(=O)C2)cc1Cl.